The first-order chi connectivity index (χ1) is 15.1. The van der Waals surface area contributed by atoms with Crippen LogP contribution in [0.15, 0.2) is 35.3 Å². The predicted molar refractivity (Wildman–Crippen MR) is 119 cm³/mol. The van der Waals surface area contributed by atoms with Crippen LogP contribution in [0.1, 0.15) is 17.3 Å². The molecule has 8 nitrogen and oxygen atoms in total. The smallest absolute Gasteiger partial charge is 0.283 e. The van der Waals surface area contributed by atoms with Crippen molar-refractivity contribution in [2.45, 2.75) is 13.5 Å². The van der Waals surface area contributed by atoms with Gasteiger partial charge in [0.1, 0.15) is 0 Å². The third kappa shape index (κ3) is 4.67. The summed E-state index contributed by atoms with van der Waals surface area (Å²) in [5.74, 6) is 1.61. The van der Waals surface area contributed by atoms with Crippen molar-refractivity contribution in [3.8, 4) is 23.0 Å². The standard InChI is InChI=1S/C22H26N2O6S/c1-6-30-11-10-24-15-12-17(27-3)18(28-4)13-19(15)31-22(24)23-21(25)14-8-7-9-16(26-2)20(14)29-5/h7-9,12-13H,6,10-11H2,1-5H3. The lowest BCUT2D eigenvalue weighted by Gasteiger charge is -2.10. The Morgan fingerprint density at radius 1 is 1.00 bits per heavy atom. The van der Waals surface area contributed by atoms with Crippen LogP contribution in [0.4, 0.5) is 0 Å². The highest BCUT2D eigenvalue weighted by Crippen LogP contribution is 2.34. The second-order valence-corrected chi connectivity index (χ2v) is 7.38. The van der Waals surface area contributed by atoms with Crippen LogP contribution in [0.3, 0.4) is 0 Å². The molecule has 0 atom stereocenters. The van der Waals surface area contributed by atoms with Crippen molar-refractivity contribution >= 4 is 27.5 Å². The third-order valence-electron chi connectivity index (χ3n) is 4.68. The normalized spacial score (nSPS) is 11.6. The first-order valence-electron chi connectivity index (χ1n) is 9.71. The van der Waals surface area contributed by atoms with Gasteiger partial charge in [-0.2, -0.15) is 4.99 Å². The average molecular weight is 447 g/mol. The van der Waals surface area contributed by atoms with Crippen molar-refractivity contribution in [2.75, 3.05) is 41.7 Å². The Hall–Kier alpha value is -3.04. The van der Waals surface area contributed by atoms with Crippen molar-refractivity contribution < 1.29 is 28.5 Å². The Morgan fingerprint density at radius 2 is 1.71 bits per heavy atom. The van der Waals surface area contributed by atoms with Gasteiger partial charge in [-0.15, -0.1) is 0 Å². The van der Waals surface area contributed by atoms with Gasteiger partial charge in [0.2, 0.25) is 0 Å². The van der Waals surface area contributed by atoms with E-state index in [9.17, 15) is 4.79 Å². The van der Waals surface area contributed by atoms with E-state index in [0.717, 1.165) is 10.2 Å². The van der Waals surface area contributed by atoms with Crippen molar-refractivity contribution in [2.24, 2.45) is 4.99 Å². The van der Waals surface area contributed by atoms with Gasteiger partial charge in [0.15, 0.2) is 27.8 Å². The average Bonchev–Trinajstić information content (AvgIpc) is 3.13. The maximum Gasteiger partial charge on any atom is 0.283 e. The molecule has 9 heteroatoms. The van der Waals surface area contributed by atoms with Crippen LogP contribution >= 0.6 is 11.3 Å². The molecule has 0 bridgehead atoms. The zero-order valence-electron chi connectivity index (χ0n) is 18.3. The Labute approximate surface area is 184 Å². The summed E-state index contributed by atoms with van der Waals surface area (Å²) in [5.41, 5.74) is 1.21. The van der Waals surface area contributed by atoms with E-state index in [0.29, 0.717) is 53.1 Å². The molecule has 0 saturated carbocycles. The van der Waals surface area contributed by atoms with Crippen LogP contribution in [0.25, 0.3) is 10.2 Å². The van der Waals surface area contributed by atoms with Crippen LogP contribution in [-0.2, 0) is 11.3 Å². The molecule has 0 fully saturated rings. The minimum atomic E-state index is -0.425. The SMILES string of the molecule is CCOCCn1c(=NC(=O)c2cccc(OC)c2OC)sc2cc(OC)c(OC)cc21. The Morgan fingerprint density at radius 3 is 2.35 bits per heavy atom. The maximum absolute atomic E-state index is 13.1. The van der Waals surface area contributed by atoms with E-state index in [-0.39, 0.29) is 0 Å². The number of carbonyl (C=O) groups is 1. The maximum atomic E-state index is 13.1. The lowest BCUT2D eigenvalue weighted by Crippen LogP contribution is -2.20. The summed E-state index contributed by atoms with van der Waals surface area (Å²) in [6, 6.07) is 8.89. The molecular weight excluding hydrogens is 420 g/mol. The number of amides is 1. The van der Waals surface area contributed by atoms with E-state index in [1.54, 1.807) is 32.4 Å². The Balaban J connectivity index is 2.16. The molecule has 2 aromatic carbocycles. The number of ether oxygens (including phenoxy) is 5. The highest BCUT2D eigenvalue weighted by atomic mass is 32.1. The number of rotatable bonds is 9. The monoisotopic (exact) mass is 446 g/mol. The molecule has 3 rings (SSSR count). The first-order valence-corrected chi connectivity index (χ1v) is 10.5. The van der Waals surface area contributed by atoms with Gasteiger partial charge in [0.25, 0.3) is 5.91 Å². The molecule has 0 unspecified atom stereocenters. The van der Waals surface area contributed by atoms with Gasteiger partial charge < -0.3 is 28.3 Å². The number of para-hydroxylation sites is 1. The van der Waals surface area contributed by atoms with Crippen LogP contribution in [0.5, 0.6) is 23.0 Å². The van der Waals surface area contributed by atoms with E-state index in [1.165, 1.54) is 25.6 Å². The lowest BCUT2D eigenvalue weighted by molar-refractivity contribution is 0.0993. The molecule has 166 valence electrons. The minimum Gasteiger partial charge on any atom is -0.493 e. The predicted octanol–water partition coefficient (Wildman–Crippen LogP) is 3.51. The lowest BCUT2D eigenvalue weighted by atomic mass is 10.2. The molecule has 0 aliphatic carbocycles. The minimum absolute atomic E-state index is 0.325. The molecule has 3 aromatic rings. The van der Waals surface area contributed by atoms with Crippen molar-refractivity contribution in [1.82, 2.24) is 4.57 Å². The van der Waals surface area contributed by atoms with Crippen molar-refractivity contribution in [3.63, 3.8) is 0 Å². The topological polar surface area (TPSA) is 80.5 Å². The van der Waals surface area contributed by atoms with E-state index in [2.05, 4.69) is 4.99 Å². The van der Waals surface area contributed by atoms with E-state index < -0.39 is 5.91 Å². The van der Waals surface area contributed by atoms with Gasteiger partial charge in [-0.1, -0.05) is 17.4 Å². The number of fused-ring (bicyclic) bond motifs is 1. The zero-order chi connectivity index (χ0) is 22.4. The van der Waals surface area contributed by atoms with Gasteiger partial charge in [-0.3, -0.25) is 4.79 Å². The van der Waals surface area contributed by atoms with Crippen molar-refractivity contribution in [3.05, 3.63) is 40.7 Å². The highest BCUT2D eigenvalue weighted by Gasteiger charge is 2.18. The zero-order valence-corrected chi connectivity index (χ0v) is 19.1. The van der Waals surface area contributed by atoms with Gasteiger partial charge in [0, 0.05) is 25.3 Å². The fourth-order valence-electron chi connectivity index (χ4n) is 3.20. The van der Waals surface area contributed by atoms with Gasteiger partial charge in [-0.25, -0.2) is 0 Å². The second-order valence-electron chi connectivity index (χ2n) is 6.37. The number of aromatic nitrogens is 1. The number of benzene rings is 2. The van der Waals surface area contributed by atoms with E-state index in [1.807, 2.05) is 23.6 Å². The molecular formula is C22H26N2O6S. The third-order valence-corrected chi connectivity index (χ3v) is 5.72. The molecule has 0 radical (unpaired) electrons. The fraction of sp³-hybridized carbons (Fsp3) is 0.364. The van der Waals surface area contributed by atoms with Gasteiger partial charge in [-0.05, 0) is 19.1 Å². The summed E-state index contributed by atoms with van der Waals surface area (Å²) in [6.07, 6.45) is 0. The van der Waals surface area contributed by atoms with Gasteiger partial charge in [0.05, 0.1) is 50.8 Å². The molecule has 0 spiro atoms. The van der Waals surface area contributed by atoms with Crippen LogP contribution in [-0.4, -0.2) is 52.1 Å². The quantitative estimate of drug-likeness (QED) is 0.468. The number of thiazole rings is 1. The molecule has 31 heavy (non-hydrogen) atoms. The van der Waals surface area contributed by atoms with Crippen molar-refractivity contribution in [1.29, 1.82) is 0 Å². The number of carbonyl (C=O) groups excluding carboxylic acids is 1. The van der Waals surface area contributed by atoms with Crippen LogP contribution < -0.4 is 23.7 Å². The van der Waals surface area contributed by atoms with Crippen LogP contribution in [0, 0.1) is 0 Å². The molecule has 0 aliphatic rings. The summed E-state index contributed by atoms with van der Waals surface area (Å²) >= 11 is 1.39. The van der Waals surface area contributed by atoms with E-state index >= 15 is 0 Å². The molecule has 0 saturated heterocycles. The number of nitrogens with zero attached hydrogens (tertiary/aromatic N) is 2. The Kier molecular flexibility index (Phi) is 7.54. The van der Waals surface area contributed by atoms with Crippen LogP contribution in [0.2, 0.25) is 0 Å². The number of methoxy groups -OCH3 is 4. The summed E-state index contributed by atoms with van der Waals surface area (Å²) < 4.78 is 30.0. The molecule has 1 heterocycles. The summed E-state index contributed by atoms with van der Waals surface area (Å²) in [6.45, 7) is 3.56. The Bertz CT molecular complexity index is 1130. The van der Waals surface area contributed by atoms with Gasteiger partial charge >= 0.3 is 0 Å². The number of hydrogen-bond donors (Lipinski definition) is 0. The molecule has 1 aromatic heterocycles. The number of hydrogen-bond acceptors (Lipinski definition) is 7. The first kappa shape index (κ1) is 22.6. The molecule has 0 N–H and O–H groups in total. The highest BCUT2D eigenvalue weighted by molar-refractivity contribution is 7.16. The molecule has 0 aliphatic heterocycles. The van der Waals surface area contributed by atoms with E-state index in [4.69, 9.17) is 23.7 Å². The second kappa shape index (κ2) is 10.3. The fourth-order valence-corrected chi connectivity index (χ4v) is 4.27. The summed E-state index contributed by atoms with van der Waals surface area (Å²) in [7, 11) is 6.20. The summed E-state index contributed by atoms with van der Waals surface area (Å²) in [5, 5.41) is 0. The largest absolute Gasteiger partial charge is 0.493 e. The summed E-state index contributed by atoms with van der Waals surface area (Å²) in [4.78, 5) is 18.0. The molecule has 1 amide bonds.